The Morgan fingerprint density at radius 3 is 2.19 bits per heavy atom. The molecule has 6 nitrogen and oxygen atoms in total. The maximum Gasteiger partial charge on any atom is 0.433 e. The fourth-order valence-corrected chi connectivity index (χ4v) is 2.64. The molecule has 2 N–H and O–H groups in total. The van der Waals surface area contributed by atoms with Crippen molar-refractivity contribution in [3.63, 3.8) is 0 Å². The van der Waals surface area contributed by atoms with Crippen molar-refractivity contribution in [2.45, 2.75) is 71.0 Å². The fourth-order valence-electron chi connectivity index (χ4n) is 1.82. The molecular formula is C17H26F3N3O3S. The Hall–Kier alpha value is -1.52. The van der Waals surface area contributed by atoms with E-state index in [1.54, 1.807) is 48.5 Å². The molecule has 10 heteroatoms. The maximum atomic E-state index is 13.2. The van der Waals surface area contributed by atoms with E-state index >= 15 is 0 Å². The number of ether oxygens (including phenoxy) is 1. The summed E-state index contributed by atoms with van der Waals surface area (Å²) in [7, 11) is 0. The fraction of sp³-hybridized carbons (Fsp3) is 0.647. The Morgan fingerprint density at radius 2 is 1.74 bits per heavy atom. The molecule has 0 radical (unpaired) electrons. The molecule has 27 heavy (non-hydrogen) atoms. The zero-order valence-corrected chi connectivity index (χ0v) is 17.3. The summed E-state index contributed by atoms with van der Waals surface area (Å²) in [5.41, 5.74) is -1.80. The predicted molar refractivity (Wildman–Crippen MR) is 98.5 cm³/mol. The molecule has 0 fully saturated rings. The van der Waals surface area contributed by atoms with Crippen molar-refractivity contribution in [2.75, 3.05) is 5.32 Å². The first-order valence-electron chi connectivity index (χ1n) is 8.26. The van der Waals surface area contributed by atoms with Gasteiger partial charge in [0.1, 0.15) is 21.9 Å². The number of nitrogens with one attached hydrogen (secondary N) is 2. The average Bonchev–Trinajstić information content (AvgIpc) is 2.42. The number of hydrogen-bond donors (Lipinski definition) is 2. The summed E-state index contributed by atoms with van der Waals surface area (Å²) in [6, 6.07) is 1.47. The highest BCUT2D eigenvalue weighted by molar-refractivity contribution is 7.90. The number of carbonyl (C=O) groups is 1. The van der Waals surface area contributed by atoms with E-state index in [4.69, 9.17) is 4.74 Å². The SMILES string of the molecule is CC(N[S+]([O-])C(C)(C)C)c1cc(NC(=O)OC(C)(C)C)nc(C(F)(F)F)c1. The number of aromatic nitrogens is 1. The minimum atomic E-state index is -4.71. The van der Waals surface area contributed by atoms with E-state index in [0.29, 0.717) is 0 Å². The minimum Gasteiger partial charge on any atom is -0.598 e. The van der Waals surface area contributed by atoms with Gasteiger partial charge in [0.15, 0.2) is 0 Å². The first kappa shape index (κ1) is 23.5. The molecule has 0 aliphatic carbocycles. The quantitative estimate of drug-likeness (QED) is 0.712. The van der Waals surface area contributed by atoms with Crippen LogP contribution < -0.4 is 10.0 Å². The maximum absolute atomic E-state index is 13.2. The lowest BCUT2D eigenvalue weighted by atomic mass is 10.1. The lowest BCUT2D eigenvalue weighted by molar-refractivity contribution is -0.141. The highest BCUT2D eigenvalue weighted by Crippen LogP contribution is 2.31. The van der Waals surface area contributed by atoms with Crippen LogP contribution in [0.15, 0.2) is 12.1 Å². The van der Waals surface area contributed by atoms with Gasteiger partial charge in [-0.2, -0.15) is 13.2 Å². The number of hydrogen-bond acceptors (Lipinski definition) is 5. The number of rotatable bonds is 4. The Bertz CT molecular complexity index is 670. The second-order valence-electron chi connectivity index (χ2n) is 8.02. The summed E-state index contributed by atoms with van der Waals surface area (Å²) < 4.78 is 59.0. The van der Waals surface area contributed by atoms with E-state index in [1.165, 1.54) is 6.07 Å². The van der Waals surface area contributed by atoms with Gasteiger partial charge in [-0.1, -0.05) is 0 Å². The largest absolute Gasteiger partial charge is 0.598 e. The van der Waals surface area contributed by atoms with Gasteiger partial charge >= 0.3 is 12.3 Å². The van der Waals surface area contributed by atoms with Gasteiger partial charge in [0.25, 0.3) is 0 Å². The van der Waals surface area contributed by atoms with Crippen LogP contribution in [0, 0.1) is 0 Å². The lowest BCUT2D eigenvalue weighted by Gasteiger charge is -2.27. The highest BCUT2D eigenvalue weighted by Gasteiger charge is 2.35. The van der Waals surface area contributed by atoms with E-state index < -0.39 is 45.7 Å². The van der Waals surface area contributed by atoms with Crippen LogP contribution in [0.1, 0.15) is 65.8 Å². The molecule has 1 aromatic rings. The molecule has 0 spiro atoms. The first-order chi connectivity index (χ1) is 12.0. The van der Waals surface area contributed by atoms with Crippen LogP contribution in [0.25, 0.3) is 0 Å². The number of carbonyl (C=O) groups excluding carboxylic acids is 1. The molecule has 1 rings (SSSR count). The highest BCUT2D eigenvalue weighted by atomic mass is 32.2. The molecule has 0 aliphatic heterocycles. The van der Waals surface area contributed by atoms with Gasteiger partial charge in [0, 0.05) is 11.4 Å². The third-order valence-electron chi connectivity index (χ3n) is 3.11. The predicted octanol–water partition coefficient (Wildman–Crippen LogP) is 4.56. The van der Waals surface area contributed by atoms with E-state index in [1.807, 2.05) is 0 Å². The van der Waals surface area contributed by atoms with Crippen LogP contribution in [-0.4, -0.2) is 26.0 Å². The summed E-state index contributed by atoms with van der Waals surface area (Å²) in [4.78, 5) is 15.3. The van der Waals surface area contributed by atoms with Gasteiger partial charge in [-0.3, -0.25) is 5.32 Å². The molecule has 1 amide bonds. The summed E-state index contributed by atoms with van der Waals surface area (Å²) >= 11 is -1.49. The molecule has 2 unspecified atom stereocenters. The average molecular weight is 409 g/mol. The Morgan fingerprint density at radius 1 is 1.19 bits per heavy atom. The zero-order chi connectivity index (χ0) is 21.2. The molecule has 0 saturated carbocycles. The molecule has 0 saturated heterocycles. The van der Waals surface area contributed by atoms with Gasteiger partial charge in [-0.05, 0) is 66.2 Å². The van der Waals surface area contributed by atoms with Crippen molar-refractivity contribution in [3.8, 4) is 0 Å². The molecule has 2 atom stereocenters. The lowest BCUT2D eigenvalue weighted by Crippen LogP contribution is -2.40. The first-order valence-corrected chi connectivity index (χ1v) is 9.41. The van der Waals surface area contributed by atoms with E-state index in [0.717, 1.165) is 6.07 Å². The van der Waals surface area contributed by atoms with Gasteiger partial charge in [0.2, 0.25) is 0 Å². The van der Waals surface area contributed by atoms with Gasteiger partial charge < -0.3 is 9.29 Å². The smallest absolute Gasteiger partial charge is 0.433 e. The van der Waals surface area contributed by atoms with Crippen molar-refractivity contribution in [1.82, 2.24) is 9.71 Å². The van der Waals surface area contributed by atoms with Crippen LogP contribution in [0.4, 0.5) is 23.8 Å². The third kappa shape index (κ3) is 7.94. The molecule has 154 valence electrons. The number of nitrogens with zero attached hydrogens (tertiary/aromatic N) is 1. The normalized spacial score (nSPS) is 15.2. The second kappa shape index (κ2) is 8.24. The standard InChI is InChI=1S/C17H26F3N3O3S/c1-10(23-27(25)16(5,6)7)11-8-12(17(18,19)20)21-13(9-11)22-14(24)26-15(2,3)4/h8-10,23H,1-7H3,(H,21,22,24). The summed E-state index contributed by atoms with van der Waals surface area (Å²) in [5, 5.41) is 2.21. The molecule has 1 aromatic heterocycles. The Labute approximate surface area is 160 Å². The van der Waals surface area contributed by atoms with Crippen molar-refractivity contribution in [1.29, 1.82) is 0 Å². The minimum absolute atomic E-state index is 0.181. The van der Waals surface area contributed by atoms with E-state index in [2.05, 4.69) is 15.0 Å². The molecule has 0 aliphatic rings. The molecule has 1 heterocycles. The summed E-state index contributed by atoms with van der Waals surface area (Å²) in [6.07, 6.45) is -5.62. The van der Waals surface area contributed by atoms with Crippen LogP contribution in [0.5, 0.6) is 0 Å². The third-order valence-corrected chi connectivity index (χ3v) is 4.79. The van der Waals surface area contributed by atoms with Crippen molar-refractivity contribution >= 4 is 23.3 Å². The van der Waals surface area contributed by atoms with Gasteiger partial charge in [-0.15, -0.1) is 4.72 Å². The van der Waals surface area contributed by atoms with Crippen molar-refractivity contribution in [3.05, 3.63) is 23.4 Å². The number of amides is 1. The van der Waals surface area contributed by atoms with Crippen LogP contribution in [0.2, 0.25) is 0 Å². The van der Waals surface area contributed by atoms with Gasteiger partial charge in [-0.25, -0.2) is 9.78 Å². The number of anilines is 1. The Kier molecular flexibility index (Phi) is 7.17. The summed E-state index contributed by atoms with van der Waals surface area (Å²) in [5.74, 6) is -0.302. The Balaban J connectivity index is 3.15. The molecule has 0 bridgehead atoms. The van der Waals surface area contributed by atoms with Crippen LogP contribution >= 0.6 is 0 Å². The van der Waals surface area contributed by atoms with Gasteiger partial charge in [0.05, 0.1) is 6.04 Å². The number of halogens is 3. The van der Waals surface area contributed by atoms with Crippen LogP contribution in [0.3, 0.4) is 0 Å². The number of alkyl halides is 3. The molecular weight excluding hydrogens is 383 g/mol. The van der Waals surface area contributed by atoms with E-state index in [-0.39, 0.29) is 11.4 Å². The van der Waals surface area contributed by atoms with Crippen molar-refractivity contribution < 1.29 is 27.3 Å². The monoisotopic (exact) mass is 409 g/mol. The van der Waals surface area contributed by atoms with Crippen LogP contribution in [-0.2, 0) is 22.3 Å². The molecule has 0 aromatic carbocycles. The zero-order valence-electron chi connectivity index (χ0n) is 16.4. The summed E-state index contributed by atoms with van der Waals surface area (Å²) in [6.45, 7) is 11.7. The van der Waals surface area contributed by atoms with Crippen molar-refractivity contribution in [2.24, 2.45) is 0 Å². The number of pyridine rings is 1. The second-order valence-corrected chi connectivity index (χ2v) is 10.0. The van der Waals surface area contributed by atoms with E-state index in [9.17, 15) is 22.5 Å². The topological polar surface area (TPSA) is 86.3 Å².